The smallest absolute Gasteiger partial charge is 0.264 e. The van der Waals surface area contributed by atoms with E-state index in [-0.39, 0.29) is 5.91 Å². The van der Waals surface area contributed by atoms with Crippen molar-refractivity contribution in [3.63, 3.8) is 0 Å². The quantitative estimate of drug-likeness (QED) is 0.630. The van der Waals surface area contributed by atoms with Gasteiger partial charge in [0.1, 0.15) is 0 Å². The molecule has 0 bridgehead atoms. The van der Waals surface area contributed by atoms with Crippen LogP contribution in [0.2, 0.25) is 0 Å². The van der Waals surface area contributed by atoms with E-state index in [0.29, 0.717) is 24.5 Å². The number of hydrogen-bond donors (Lipinski definition) is 0. The second-order valence-corrected chi connectivity index (χ2v) is 7.74. The topological polar surface area (TPSA) is 59.2 Å². The number of carbonyl (C=O) groups is 1. The van der Waals surface area contributed by atoms with Gasteiger partial charge in [-0.15, -0.1) is 11.3 Å². The van der Waals surface area contributed by atoms with Crippen LogP contribution in [0, 0.1) is 4.77 Å². The maximum absolute atomic E-state index is 12.5. The van der Waals surface area contributed by atoms with Gasteiger partial charge in [0.25, 0.3) is 5.91 Å². The molecule has 140 valence electrons. The van der Waals surface area contributed by atoms with Crippen LogP contribution in [0.3, 0.4) is 0 Å². The van der Waals surface area contributed by atoms with Gasteiger partial charge in [0, 0.05) is 51.2 Å². The Morgan fingerprint density at radius 3 is 2.59 bits per heavy atom. The molecule has 0 aliphatic carbocycles. The van der Waals surface area contributed by atoms with Gasteiger partial charge in [0.2, 0.25) is 0 Å². The lowest BCUT2D eigenvalue weighted by Crippen LogP contribution is -2.48. The van der Waals surface area contributed by atoms with Gasteiger partial charge in [-0.05, 0) is 35.8 Å². The number of hydrogen-bond acceptors (Lipinski definition) is 6. The third-order valence-electron chi connectivity index (χ3n) is 4.70. The zero-order valence-corrected chi connectivity index (χ0v) is 16.6. The fraction of sp³-hybridized carbons (Fsp3) is 0.333. The number of amides is 1. The van der Waals surface area contributed by atoms with Crippen molar-refractivity contribution in [2.75, 3.05) is 26.2 Å². The first kappa shape index (κ1) is 18.0. The molecule has 0 aromatic carbocycles. The van der Waals surface area contributed by atoms with E-state index in [9.17, 15) is 4.79 Å². The van der Waals surface area contributed by atoms with Crippen LogP contribution in [0.1, 0.15) is 9.67 Å². The molecule has 0 saturated carbocycles. The molecule has 9 heteroatoms. The average Bonchev–Trinajstić information content (AvgIpc) is 3.33. The molecule has 1 aliphatic heterocycles. The first-order valence-electron chi connectivity index (χ1n) is 8.73. The lowest BCUT2D eigenvalue weighted by atomic mass is 10.2. The Morgan fingerprint density at radius 2 is 1.93 bits per heavy atom. The van der Waals surface area contributed by atoms with E-state index in [4.69, 9.17) is 17.3 Å². The normalized spacial score (nSPS) is 15.2. The molecule has 1 aliphatic rings. The molecular formula is C18H20N6OS2. The van der Waals surface area contributed by atoms with Crippen molar-refractivity contribution < 1.29 is 4.79 Å². The van der Waals surface area contributed by atoms with Crippen LogP contribution in [0.5, 0.6) is 0 Å². The molecular weight excluding hydrogens is 380 g/mol. The zero-order valence-electron chi connectivity index (χ0n) is 15.0. The summed E-state index contributed by atoms with van der Waals surface area (Å²) in [5.74, 6) is 0.952. The molecule has 7 nitrogen and oxygen atoms in total. The fourth-order valence-corrected chi connectivity index (χ4v) is 4.05. The predicted octanol–water partition coefficient (Wildman–Crippen LogP) is 2.49. The van der Waals surface area contributed by atoms with Gasteiger partial charge in [-0.3, -0.25) is 14.7 Å². The number of piperazine rings is 1. The van der Waals surface area contributed by atoms with Gasteiger partial charge in [0.15, 0.2) is 10.6 Å². The van der Waals surface area contributed by atoms with Crippen LogP contribution < -0.4 is 0 Å². The molecule has 1 fully saturated rings. The Bertz CT molecular complexity index is 971. The number of nitrogens with zero attached hydrogens (tertiary/aromatic N) is 6. The summed E-state index contributed by atoms with van der Waals surface area (Å²) in [6, 6.07) is 7.65. The molecule has 0 radical (unpaired) electrons. The largest absolute Gasteiger partial charge is 0.335 e. The van der Waals surface area contributed by atoms with Gasteiger partial charge < -0.3 is 9.47 Å². The van der Waals surface area contributed by atoms with E-state index < -0.39 is 0 Å². The summed E-state index contributed by atoms with van der Waals surface area (Å²) in [5, 5.41) is 6.63. The Morgan fingerprint density at radius 1 is 1.19 bits per heavy atom. The second-order valence-electron chi connectivity index (χ2n) is 6.43. The Kier molecular flexibility index (Phi) is 5.15. The molecule has 1 saturated heterocycles. The Hall–Kier alpha value is -2.36. The number of carbonyl (C=O) groups excluding carboxylic acids is 1. The van der Waals surface area contributed by atoms with E-state index >= 15 is 0 Å². The van der Waals surface area contributed by atoms with Gasteiger partial charge >= 0.3 is 0 Å². The SMILES string of the molecule is Cn1c(-c2ccncc2)nn(CN2CCN(C(=O)c3cccs3)CC2)c1=S. The number of rotatable bonds is 4. The van der Waals surface area contributed by atoms with E-state index in [1.807, 2.05) is 50.8 Å². The highest BCUT2D eigenvalue weighted by Gasteiger charge is 2.23. The summed E-state index contributed by atoms with van der Waals surface area (Å²) in [7, 11) is 1.93. The monoisotopic (exact) mass is 400 g/mol. The standard InChI is InChI=1S/C18H20N6OS2/c1-21-16(14-4-6-19-7-5-14)20-24(18(21)26)13-22-8-10-23(11-9-22)17(25)15-3-2-12-27-15/h2-7,12H,8-11,13H2,1H3. The van der Waals surface area contributed by atoms with Gasteiger partial charge in [-0.2, -0.15) is 5.10 Å². The van der Waals surface area contributed by atoms with Crippen LogP contribution in [0.15, 0.2) is 42.0 Å². The van der Waals surface area contributed by atoms with Gasteiger partial charge in [-0.25, -0.2) is 4.68 Å². The molecule has 1 amide bonds. The van der Waals surface area contributed by atoms with E-state index in [0.717, 1.165) is 29.4 Å². The summed E-state index contributed by atoms with van der Waals surface area (Å²) in [4.78, 5) is 21.5. The van der Waals surface area contributed by atoms with Crippen molar-refractivity contribution in [1.82, 2.24) is 29.1 Å². The summed E-state index contributed by atoms with van der Waals surface area (Å²) in [6.45, 7) is 3.67. The maximum Gasteiger partial charge on any atom is 0.264 e. The lowest BCUT2D eigenvalue weighted by Gasteiger charge is -2.34. The van der Waals surface area contributed by atoms with Crippen LogP contribution in [-0.2, 0) is 13.7 Å². The minimum atomic E-state index is 0.124. The van der Waals surface area contributed by atoms with Crippen molar-refractivity contribution in [2.45, 2.75) is 6.67 Å². The van der Waals surface area contributed by atoms with Crippen molar-refractivity contribution in [3.8, 4) is 11.4 Å². The lowest BCUT2D eigenvalue weighted by molar-refractivity contribution is 0.0590. The molecule has 0 N–H and O–H groups in total. The highest BCUT2D eigenvalue weighted by molar-refractivity contribution is 7.71. The van der Waals surface area contributed by atoms with Crippen LogP contribution >= 0.6 is 23.6 Å². The van der Waals surface area contributed by atoms with Crippen LogP contribution in [0.4, 0.5) is 0 Å². The Labute approximate surface area is 166 Å². The highest BCUT2D eigenvalue weighted by Crippen LogP contribution is 2.17. The van der Waals surface area contributed by atoms with Crippen molar-refractivity contribution in [3.05, 3.63) is 51.7 Å². The summed E-state index contributed by atoms with van der Waals surface area (Å²) >= 11 is 7.05. The minimum absolute atomic E-state index is 0.124. The Balaban J connectivity index is 1.42. The molecule has 4 heterocycles. The molecule has 3 aromatic heterocycles. The first-order chi connectivity index (χ1) is 13.1. The first-order valence-corrected chi connectivity index (χ1v) is 10.0. The molecule has 0 unspecified atom stereocenters. The van der Waals surface area contributed by atoms with E-state index in [2.05, 4.69) is 9.88 Å². The minimum Gasteiger partial charge on any atom is -0.335 e. The molecule has 3 aromatic rings. The summed E-state index contributed by atoms with van der Waals surface area (Å²) < 4.78 is 4.45. The number of pyridine rings is 1. The van der Waals surface area contributed by atoms with Crippen molar-refractivity contribution >= 4 is 29.5 Å². The third-order valence-corrected chi connectivity index (χ3v) is 6.05. The summed E-state index contributed by atoms with van der Waals surface area (Å²) in [6.07, 6.45) is 3.50. The second kappa shape index (κ2) is 7.71. The molecule has 0 spiro atoms. The van der Waals surface area contributed by atoms with Gasteiger partial charge in [0.05, 0.1) is 11.5 Å². The number of thiophene rings is 1. The van der Waals surface area contributed by atoms with Gasteiger partial charge in [-0.1, -0.05) is 6.07 Å². The van der Waals surface area contributed by atoms with Crippen LogP contribution in [-0.4, -0.2) is 61.2 Å². The van der Waals surface area contributed by atoms with E-state index in [1.165, 1.54) is 11.3 Å². The van der Waals surface area contributed by atoms with E-state index in [1.54, 1.807) is 12.4 Å². The molecule has 27 heavy (non-hydrogen) atoms. The highest BCUT2D eigenvalue weighted by atomic mass is 32.1. The zero-order chi connectivity index (χ0) is 18.8. The summed E-state index contributed by atoms with van der Waals surface area (Å²) in [5.41, 5.74) is 0.990. The average molecular weight is 401 g/mol. The number of aromatic nitrogens is 4. The molecule has 0 atom stereocenters. The third kappa shape index (κ3) is 3.71. The predicted molar refractivity (Wildman–Crippen MR) is 107 cm³/mol. The van der Waals surface area contributed by atoms with Crippen LogP contribution in [0.25, 0.3) is 11.4 Å². The fourth-order valence-electron chi connectivity index (χ4n) is 3.17. The maximum atomic E-state index is 12.5. The van der Waals surface area contributed by atoms with Crippen molar-refractivity contribution in [1.29, 1.82) is 0 Å². The van der Waals surface area contributed by atoms with Crippen molar-refractivity contribution in [2.24, 2.45) is 7.05 Å². The molecule has 4 rings (SSSR count).